The second-order valence-corrected chi connectivity index (χ2v) is 8.16. The first-order valence-electron chi connectivity index (χ1n) is 7.68. The number of piperidine rings is 1. The van der Waals surface area contributed by atoms with E-state index >= 15 is 0 Å². The van der Waals surface area contributed by atoms with Crippen LogP contribution in [0.25, 0.3) is 0 Å². The van der Waals surface area contributed by atoms with E-state index in [0.29, 0.717) is 12.8 Å². The molecule has 1 fully saturated rings. The maximum atomic E-state index is 13.0. The number of para-hydroxylation sites is 1. The quantitative estimate of drug-likeness (QED) is 0.872. The molecule has 25 heavy (non-hydrogen) atoms. The number of hydrogen-bond acceptors (Lipinski definition) is 3. The van der Waals surface area contributed by atoms with Gasteiger partial charge in [-0.3, -0.25) is 4.79 Å². The highest BCUT2D eigenvalue weighted by atomic mass is 32.2. The number of benzene rings is 1. The molecule has 0 aromatic heterocycles. The van der Waals surface area contributed by atoms with Crippen molar-refractivity contribution in [3.8, 4) is 0 Å². The lowest BCUT2D eigenvalue weighted by molar-refractivity contribution is -0.137. The van der Waals surface area contributed by atoms with Crippen LogP contribution in [0.5, 0.6) is 0 Å². The summed E-state index contributed by atoms with van der Waals surface area (Å²) in [6.07, 6.45) is -3.71. The first kappa shape index (κ1) is 19.7. The van der Waals surface area contributed by atoms with E-state index in [0.717, 1.165) is 10.4 Å². The van der Waals surface area contributed by atoms with Gasteiger partial charge in [-0.25, -0.2) is 0 Å². The Balaban J connectivity index is 2.15. The molecule has 10 heteroatoms. The van der Waals surface area contributed by atoms with E-state index < -0.39 is 33.8 Å². The van der Waals surface area contributed by atoms with Crippen molar-refractivity contribution >= 4 is 21.8 Å². The molecule has 1 aromatic carbocycles. The molecule has 1 N–H and O–H groups in total. The van der Waals surface area contributed by atoms with Crippen LogP contribution in [0.3, 0.4) is 0 Å². The van der Waals surface area contributed by atoms with Crippen molar-refractivity contribution in [1.29, 1.82) is 0 Å². The fourth-order valence-electron chi connectivity index (χ4n) is 2.67. The largest absolute Gasteiger partial charge is 0.418 e. The highest BCUT2D eigenvalue weighted by Crippen LogP contribution is 2.35. The van der Waals surface area contributed by atoms with Gasteiger partial charge in [-0.05, 0) is 25.0 Å². The number of alkyl halides is 3. The van der Waals surface area contributed by atoms with Crippen LogP contribution in [0.1, 0.15) is 18.4 Å². The molecule has 1 saturated heterocycles. The van der Waals surface area contributed by atoms with Crippen LogP contribution < -0.4 is 5.32 Å². The molecule has 2 rings (SSSR count). The fourth-order valence-corrected chi connectivity index (χ4v) is 3.86. The van der Waals surface area contributed by atoms with Gasteiger partial charge in [0.1, 0.15) is 0 Å². The maximum absolute atomic E-state index is 13.0. The molecule has 0 aliphatic carbocycles. The fraction of sp³-hybridized carbons (Fsp3) is 0.533. The van der Waals surface area contributed by atoms with E-state index in [-0.39, 0.29) is 18.8 Å². The summed E-state index contributed by atoms with van der Waals surface area (Å²) in [5.41, 5.74) is -1.26. The normalized spacial score (nSPS) is 19.8. The molecule has 6 nitrogen and oxygen atoms in total. The molecule has 1 unspecified atom stereocenters. The van der Waals surface area contributed by atoms with Crippen LogP contribution in [0, 0.1) is 5.92 Å². The maximum Gasteiger partial charge on any atom is 0.418 e. The zero-order valence-electron chi connectivity index (χ0n) is 13.9. The van der Waals surface area contributed by atoms with Gasteiger partial charge in [0, 0.05) is 27.2 Å². The van der Waals surface area contributed by atoms with Gasteiger partial charge >= 0.3 is 6.18 Å². The number of amides is 1. The van der Waals surface area contributed by atoms with Crippen molar-refractivity contribution in [3.63, 3.8) is 0 Å². The summed E-state index contributed by atoms with van der Waals surface area (Å²) >= 11 is 0. The number of rotatable bonds is 4. The minimum Gasteiger partial charge on any atom is -0.325 e. The van der Waals surface area contributed by atoms with E-state index in [2.05, 4.69) is 5.32 Å². The topological polar surface area (TPSA) is 69.7 Å². The monoisotopic (exact) mass is 379 g/mol. The molecule has 140 valence electrons. The predicted molar refractivity (Wildman–Crippen MR) is 87.0 cm³/mol. The molecule has 0 saturated carbocycles. The minimum absolute atomic E-state index is 0.0550. The lowest BCUT2D eigenvalue weighted by Gasteiger charge is -2.32. The van der Waals surface area contributed by atoms with Crippen molar-refractivity contribution in [3.05, 3.63) is 29.8 Å². The molecule has 1 aliphatic rings. The van der Waals surface area contributed by atoms with Gasteiger partial charge in [-0.1, -0.05) is 12.1 Å². The third-order valence-electron chi connectivity index (χ3n) is 4.03. The number of carbonyl (C=O) groups excluding carboxylic acids is 1. The third-order valence-corrected chi connectivity index (χ3v) is 5.94. The number of nitrogens with zero attached hydrogens (tertiary/aromatic N) is 2. The summed E-state index contributed by atoms with van der Waals surface area (Å²) in [6, 6.07) is 4.70. The van der Waals surface area contributed by atoms with E-state index in [1.54, 1.807) is 0 Å². The van der Waals surface area contributed by atoms with Gasteiger partial charge in [0.2, 0.25) is 5.91 Å². The van der Waals surface area contributed by atoms with Crippen LogP contribution in [0.4, 0.5) is 18.9 Å². The first-order valence-corrected chi connectivity index (χ1v) is 9.08. The molecule has 1 aromatic rings. The average molecular weight is 379 g/mol. The summed E-state index contributed by atoms with van der Waals surface area (Å²) in [5, 5.41) is 2.29. The Hall–Kier alpha value is -1.65. The number of nitrogens with one attached hydrogen (secondary N) is 1. The Labute approximate surface area is 144 Å². The molecule has 0 spiro atoms. The standard InChI is InChI=1S/C15H20F3N3O3S/c1-20(2)25(23,24)21-9-5-6-11(10-21)14(22)19-13-8-4-3-7-12(13)15(16,17)18/h3-4,7-8,11H,5-6,9-10H2,1-2H3,(H,19,22). The predicted octanol–water partition coefficient (Wildman–Crippen LogP) is 2.16. The first-order chi connectivity index (χ1) is 11.5. The van der Waals surface area contributed by atoms with Crippen LogP contribution >= 0.6 is 0 Å². The van der Waals surface area contributed by atoms with Gasteiger partial charge in [0.25, 0.3) is 10.2 Å². The van der Waals surface area contributed by atoms with E-state index in [1.165, 1.54) is 36.6 Å². The molecular weight excluding hydrogens is 359 g/mol. The third kappa shape index (κ3) is 4.50. The van der Waals surface area contributed by atoms with Gasteiger partial charge in [0.15, 0.2) is 0 Å². The van der Waals surface area contributed by atoms with Gasteiger partial charge < -0.3 is 5.32 Å². The Kier molecular flexibility index (Phi) is 5.75. The van der Waals surface area contributed by atoms with Crippen molar-refractivity contribution in [2.45, 2.75) is 19.0 Å². The number of anilines is 1. The number of carbonyl (C=O) groups is 1. The minimum atomic E-state index is -4.59. The van der Waals surface area contributed by atoms with Crippen molar-refractivity contribution in [1.82, 2.24) is 8.61 Å². The highest BCUT2D eigenvalue weighted by Gasteiger charge is 2.36. The lowest BCUT2D eigenvalue weighted by Crippen LogP contribution is -2.47. The second-order valence-electron chi connectivity index (χ2n) is 6.02. The van der Waals surface area contributed by atoms with Gasteiger partial charge in [0.05, 0.1) is 17.2 Å². The van der Waals surface area contributed by atoms with Crippen LogP contribution in [-0.2, 0) is 21.2 Å². The molecule has 1 amide bonds. The van der Waals surface area contributed by atoms with Crippen molar-refractivity contribution in [2.24, 2.45) is 5.92 Å². The van der Waals surface area contributed by atoms with Crippen molar-refractivity contribution in [2.75, 3.05) is 32.5 Å². The van der Waals surface area contributed by atoms with E-state index in [9.17, 15) is 26.4 Å². The SMILES string of the molecule is CN(C)S(=O)(=O)N1CCCC(C(=O)Nc2ccccc2C(F)(F)F)C1. The summed E-state index contributed by atoms with van der Waals surface area (Å²) in [6.45, 7) is 0.226. The Morgan fingerprint density at radius 2 is 1.92 bits per heavy atom. The smallest absolute Gasteiger partial charge is 0.325 e. The molecule has 0 radical (unpaired) electrons. The Bertz CT molecular complexity index is 735. The van der Waals surface area contributed by atoms with Crippen molar-refractivity contribution < 1.29 is 26.4 Å². The number of halogens is 3. The highest BCUT2D eigenvalue weighted by molar-refractivity contribution is 7.86. The molecule has 0 bridgehead atoms. The van der Waals surface area contributed by atoms with Crippen LogP contribution in [0.15, 0.2) is 24.3 Å². The summed E-state index contributed by atoms with van der Waals surface area (Å²) < 4.78 is 65.6. The zero-order chi connectivity index (χ0) is 18.8. The van der Waals surface area contributed by atoms with E-state index in [1.807, 2.05) is 0 Å². The van der Waals surface area contributed by atoms with Gasteiger partial charge in [-0.2, -0.15) is 30.2 Å². The molecular formula is C15H20F3N3O3S. The summed E-state index contributed by atoms with van der Waals surface area (Å²) in [4.78, 5) is 12.4. The average Bonchev–Trinajstić information content (AvgIpc) is 2.54. The van der Waals surface area contributed by atoms with E-state index in [4.69, 9.17) is 0 Å². The zero-order valence-corrected chi connectivity index (χ0v) is 14.7. The van der Waals surface area contributed by atoms with Crippen LogP contribution in [-0.4, -0.2) is 50.1 Å². The van der Waals surface area contributed by atoms with Crippen LogP contribution in [0.2, 0.25) is 0 Å². The lowest BCUT2D eigenvalue weighted by atomic mass is 9.98. The second kappa shape index (κ2) is 7.30. The molecule has 1 atom stereocenters. The molecule has 1 aliphatic heterocycles. The Morgan fingerprint density at radius 1 is 1.28 bits per heavy atom. The van der Waals surface area contributed by atoms with Gasteiger partial charge in [-0.15, -0.1) is 0 Å². The summed E-state index contributed by atoms with van der Waals surface area (Å²) in [5.74, 6) is -1.32. The summed E-state index contributed by atoms with van der Waals surface area (Å²) in [7, 11) is -0.889. The molecule has 1 heterocycles. The number of hydrogen-bond donors (Lipinski definition) is 1. The Morgan fingerprint density at radius 3 is 2.52 bits per heavy atom.